The molecule has 0 spiro atoms. The van der Waals surface area contributed by atoms with E-state index in [1.54, 1.807) is 0 Å². The maximum Gasteiger partial charge on any atom is 0.0706 e. The van der Waals surface area contributed by atoms with Crippen molar-refractivity contribution < 1.29 is 20.4 Å². The Morgan fingerprint density at radius 3 is 0.705 bits per heavy atom. The molecule has 0 amide bonds. The lowest BCUT2D eigenvalue weighted by Crippen LogP contribution is -2.12. The van der Waals surface area contributed by atoms with Crippen molar-refractivity contribution in [3.05, 3.63) is 144 Å². The molecule has 4 N–H and O–H groups in total. The van der Waals surface area contributed by atoms with Gasteiger partial charge in [0.25, 0.3) is 0 Å². The standard InChI is InChI=1S/C38H36N2O4/c41-23-31-32(24-42)36(28-15-7-2-8-16-28)39(35(31)27-13-5-1-6-14-27)21-22-40-37(29-17-9-3-10-18-29)33(25-43)34(26-44)38(40)30-19-11-4-12-20-30/h1-20,41-44H,21-26H2. The van der Waals surface area contributed by atoms with Crippen LogP contribution in [0.25, 0.3) is 45.0 Å². The molecule has 0 atom stereocenters. The van der Waals surface area contributed by atoms with E-state index in [4.69, 9.17) is 0 Å². The Morgan fingerprint density at radius 1 is 0.318 bits per heavy atom. The number of aliphatic hydroxyl groups is 4. The molecule has 0 radical (unpaired) electrons. The highest BCUT2D eigenvalue weighted by atomic mass is 16.3. The summed E-state index contributed by atoms with van der Waals surface area (Å²) in [5, 5.41) is 42.7. The van der Waals surface area contributed by atoms with E-state index in [0.717, 1.165) is 45.0 Å². The number of aromatic nitrogens is 2. The van der Waals surface area contributed by atoms with Gasteiger partial charge in [-0.3, -0.25) is 0 Å². The molecule has 0 saturated carbocycles. The second kappa shape index (κ2) is 13.3. The molecule has 6 heteroatoms. The first kappa shape index (κ1) is 29.4. The number of hydrogen-bond donors (Lipinski definition) is 4. The van der Waals surface area contributed by atoms with Crippen LogP contribution >= 0.6 is 0 Å². The molecule has 4 aromatic carbocycles. The van der Waals surface area contributed by atoms with Crippen LogP contribution in [0.5, 0.6) is 0 Å². The fraction of sp³-hybridized carbons (Fsp3) is 0.158. The smallest absolute Gasteiger partial charge is 0.0706 e. The van der Waals surface area contributed by atoms with Gasteiger partial charge in [0.15, 0.2) is 0 Å². The fourth-order valence-electron chi connectivity index (χ4n) is 6.48. The fourth-order valence-corrected chi connectivity index (χ4v) is 6.48. The molecule has 44 heavy (non-hydrogen) atoms. The molecule has 2 heterocycles. The van der Waals surface area contributed by atoms with Gasteiger partial charge in [-0.1, -0.05) is 121 Å². The lowest BCUT2D eigenvalue weighted by Gasteiger charge is -2.20. The third-order valence-corrected chi connectivity index (χ3v) is 8.32. The first-order valence-corrected chi connectivity index (χ1v) is 14.8. The number of aliphatic hydroxyl groups excluding tert-OH is 4. The minimum atomic E-state index is -0.218. The highest BCUT2D eigenvalue weighted by molar-refractivity contribution is 5.78. The maximum atomic E-state index is 10.7. The molecule has 6 rings (SSSR count). The van der Waals surface area contributed by atoms with Gasteiger partial charge in [0, 0.05) is 35.3 Å². The molecular weight excluding hydrogens is 548 g/mol. The summed E-state index contributed by atoms with van der Waals surface area (Å²) < 4.78 is 4.39. The molecule has 0 unspecified atom stereocenters. The summed E-state index contributed by atoms with van der Waals surface area (Å²) in [6, 6.07) is 39.8. The maximum absolute atomic E-state index is 10.7. The van der Waals surface area contributed by atoms with Crippen molar-refractivity contribution in [2.24, 2.45) is 0 Å². The van der Waals surface area contributed by atoms with Gasteiger partial charge in [-0.05, 0) is 22.3 Å². The van der Waals surface area contributed by atoms with Crippen LogP contribution < -0.4 is 0 Å². The number of rotatable bonds is 11. The van der Waals surface area contributed by atoms with Crippen molar-refractivity contribution in [3.8, 4) is 45.0 Å². The van der Waals surface area contributed by atoms with E-state index in [0.29, 0.717) is 35.3 Å². The van der Waals surface area contributed by atoms with Crippen molar-refractivity contribution in [2.75, 3.05) is 0 Å². The average molecular weight is 585 g/mol. The van der Waals surface area contributed by atoms with Crippen LogP contribution in [0.3, 0.4) is 0 Å². The average Bonchev–Trinajstić information content (AvgIpc) is 3.60. The van der Waals surface area contributed by atoms with Crippen LogP contribution in [0.1, 0.15) is 22.3 Å². The summed E-state index contributed by atoms with van der Waals surface area (Å²) in [6.07, 6.45) is 0. The molecular formula is C38H36N2O4. The number of nitrogens with zero attached hydrogens (tertiary/aromatic N) is 2. The molecule has 2 aromatic heterocycles. The second-order valence-corrected chi connectivity index (χ2v) is 10.7. The molecule has 0 aliphatic heterocycles. The van der Waals surface area contributed by atoms with Crippen LogP contribution in [-0.2, 0) is 39.5 Å². The van der Waals surface area contributed by atoms with E-state index < -0.39 is 0 Å². The number of benzene rings is 4. The Hall–Kier alpha value is -4.72. The van der Waals surface area contributed by atoms with Crippen LogP contribution in [0.15, 0.2) is 121 Å². The Balaban J connectivity index is 1.61. The Labute approximate surface area is 257 Å². The topological polar surface area (TPSA) is 90.8 Å². The summed E-state index contributed by atoms with van der Waals surface area (Å²) in [5.41, 5.74) is 10.00. The van der Waals surface area contributed by atoms with Gasteiger partial charge >= 0.3 is 0 Å². The zero-order valence-corrected chi connectivity index (χ0v) is 24.5. The van der Waals surface area contributed by atoms with Gasteiger partial charge in [-0.25, -0.2) is 0 Å². The molecule has 6 aromatic rings. The van der Waals surface area contributed by atoms with Gasteiger partial charge in [0.05, 0.1) is 49.2 Å². The van der Waals surface area contributed by atoms with Crippen LogP contribution in [0, 0.1) is 0 Å². The zero-order valence-electron chi connectivity index (χ0n) is 24.5. The first-order chi connectivity index (χ1) is 21.7. The van der Waals surface area contributed by atoms with Crippen molar-refractivity contribution >= 4 is 0 Å². The van der Waals surface area contributed by atoms with Crippen molar-refractivity contribution in [3.63, 3.8) is 0 Å². The lowest BCUT2D eigenvalue weighted by atomic mass is 10.0. The Kier molecular flexibility index (Phi) is 8.86. The molecule has 222 valence electrons. The Morgan fingerprint density at radius 2 is 0.523 bits per heavy atom. The van der Waals surface area contributed by atoms with Crippen molar-refractivity contribution in [1.29, 1.82) is 0 Å². The van der Waals surface area contributed by atoms with Crippen LogP contribution in [-0.4, -0.2) is 29.6 Å². The van der Waals surface area contributed by atoms with Crippen molar-refractivity contribution in [2.45, 2.75) is 39.5 Å². The minimum absolute atomic E-state index is 0.218. The third kappa shape index (κ3) is 5.29. The highest BCUT2D eigenvalue weighted by Crippen LogP contribution is 2.41. The Bertz CT molecular complexity index is 1560. The zero-order chi connectivity index (χ0) is 30.5. The normalized spacial score (nSPS) is 11.3. The molecule has 0 bridgehead atoms. The predicted octanol–water partition coefficient (Wildman–Crippen LogP) is 6.63. The monoisotopic (exact) mass is 584 g/mol. The van der Waals surface area contributed by atoms with Gasteiger partial charge in [-0.15, -0.1) is 0 Å². The van der Waals surface area contributed by atoms with Gasteiger partial charge < -0.3 is 29.6 Å². The molecule has 0 fully saturated rings. The van der Waals surface area contributed by atoms with E-state index in [-0.39, 0.29) is 26.4 Å². The van der Waals surface area contributed by atoms with Gasteiger partial charge in [-0.2, -0.15) is 0 Å². The third-order valence-electron chi connectivity index (χ3n) is 8.32. The predicted molar refractivity (Wildman–Crippen MR) is 174 cm³/mol. The van der Waals surface area contributed by atoms with Gasteiger partial charge in [0.2, 0.25) is 0 Å². The van der Waals surface area contributed by atoms with Crippen LogP contribution in [0.4, 0.5) is 0 Å². The minimum Gasteiger partial charge on any atom is -0.392 e. The molecule has 6 nitrogen and oxygen atoms in total. The van der Waals surface area contributed by atoms with E-state index in [9.17, 15) is 20.4 Å². The summed E-state index contributed by atoms with van der Waals surface area (Å²) in [6.45, 7) is 0.111. The molecule has 0 aliphatic rings. The van der Waals surface area contributed by atoms with E-state index >= 15 is 0 Å². The van der Waals surface area contributed by atoms with E-state index in [1.165, 1.54) is 0 Å². The quantitative estimate of drug-likeness (QED) is 0.138. The lowest BCUT2D eigenvalue weighted by molar-refractivity contribution is 0.262. The largest absolute Gasteiger partial charge is 0.392 e. The SMILES string of the molecule is OCc1c(CO)c(-c2ccccc2)n(CCn2c(-c3ccccc3)c(CO)c(CO)c2-c2ccccc2)c1-c1ccccc1. The summed E-state index contributed by atoms with van der Waals surface area (Å²) in [5.74, 6) is 0. The van der Waals surface area contributed by atoms with Gasteiger partial charge in [0.1, 0.15) is 0 Å². The van der Waals surface area contributed by atoms with E-state index in [2.05, 4.69) is 9.13 Å². The van der Waals surface area contributed by atoms with Crippen molar-refractivity contribution in [1.82, 2.24) is 9.13 Å². The summed E-state index contributed by atoms with van der Waals surface area (Å²) in [4.78, 5) is 0. The number of hydrogen-bond acceptors (Lipinski definition) is 4. The molecule has 0 aliphatic carbocycles. The second-order valence-electron chi connectivity index (χ2n) is 10.7. The first-order valence-electron chi connectivity index (χ1n) is 14.8. The highest BCUT2D eigenvalue weighted by Gasteiger charge is 2.27. The van der Waals surface area contributed by atoms with Crippen LogP contribution in [0.2, 0.25) is 0 Å². The van der Waals surface area contributed by atoms with E-state index in [1.807, 2.05) is 121 Å². The summed E-state index contributed by atoms with van der Waals surface area (Å²) >= 11 is 0. The molecule has 0 saturated heterocycles. The summed E-state index contributed by atoms with van der Waals surface area (Å²) in [7, 11) is 0.